The molecule has 1 fully saturated rings. The van der Waals surface area contributed by atoms with Crippen molar-refractivity contribution in [3.05, 3.63) is 11.8 Å². The van der Waals surface area contributed by atoms with Crippen molar-refractivity contribution in [3.63, 3.8) is 0 Å². The Morgan fingerprint density at radius 2 is 0.945 bits per heavy atom. The first-order valence-electron chi connectivity index (χ1n) is 24.5. The van der Waals surface area contributed by atoms with Crippen LogP contribution in [0.5, 0.6) is 0 Å². The van der Waals surface area contributed by atoms with E-state index in [4.69, 9.17) is 14.2 Å². The van der Waals surface area contributed by atoms with Crippen LogP contribution >= 0.6 is 0 Å². The van der Waals surface area contributed by atoms with Gasteiger partial charge in [-0.1, -0.05) is 233 Å². The van der Waals surface area contributed by atoms with E-state index < -0.39 is 12.2 Å². The number of rotatable bonds is 38. The van der Waals surface area contributed by atoms with E-state index in [2.05, 4.69) is 20.8 Å². The second kappa shape index (κ2) is 34.3. The third-order valence-corrected chi connectivity index (χ3v) is 12.7. The van der Waals surface area contributed by atoms with E-state index >= 15 is 0 Å². The number of nitrogens with zero attached hydrogens (tertiary/aromatic N) is 1. The Morgan fingerprint density at radius 1 is 0.582 bits per heavy atom. The first kappa shape index (κ1) is 49.4. The van der Waals surface area contributed by atoms with Crippen LogP contribution in [0.4, 0.5) is 4.79 Å². The number of ether oxygens (including phenoxy) is 3. The molecule has 2 aliphatic heterocycles. The number of allylic oxidation sites excluding steroid dienone is 1. The highest BCUT2D eigenvalue weighted by atomic mass is 16.6. The lowest BCUT2D eigenvalue weighted by Crippen LogP contribution is -2.51. The summed E-state index contributed by atoms with van der Waals surface area (Å²) < 4.78 is 17.0. The molecule has 2 heterocycles. The Morgan fingerprint density at radius 3 is 1.31 bits per heavy atom. The Hall–Kier alpha value is -1.72. The third kappa shape index (κ3) is 22.7. The van der Waals surface area contributed by atoms with Crippen LogP contribution in [0.15, 0.2) is 11.8 Å². The second-order valence-corrected chi connectivity index (χ2v) is 17.4. The van der Waals surface area contributed by atoms with Gasteiger partial charge in [-0.25, -0.2) is 9.59 Å². The Balaban J connectivity index is 1.67. The predicted octanol–water partition coefficient (Wildman–Crippen LogP) is 15.6. The van der Waals surface area contributed by atoms with Crippen LogP contribution in [0, 0.1) is 11.8 Å². The molecule has 55 heavy (non-hydrogen) atoms. The fourth-order valence-corrected chi connectivity index (χ4v) is 9.05. The summed E-state index contributed by atoms with van der Waals surface area (Å²) in [4.78, 5) is 27.7. The van der Waals surface area contributed by atoms with Crippen LogP contribution < -0.4 is 0 Å². The number of methoxy groups -OCH3 is 1. The molecule has 0 aromatic heterocycles. The maximum Gasteiger partial charge on any atom is 0.413 e. The average Bonchev–Trinajstić information content (AvgIpc) is 3.58. The minimum atomic E-state index is -0.480. The molecule has 0 N–H and O–H groups in total. The minimum Gasteiger partial charge on any atom is -0.463 e. The van der Waals surface area contributed by atoms with Crippen LogP contribution in [0.25, 0.3) is 0 Å². The van der Waals surface area contributed by atoms with E-state index in [0.717, 1.165) is 32.1 Å². The molecule has 0 aromatic rings. The van der Waals surface area contributed by atoms with Gasteiger partial charge in [0.25, 0.3) is 0 Å². The van der Waals surface area contributed by atoms with Gasteiger partial charge in [0.1, 0.15) is 6.61 Å². The molecule has 0 aliphatic carbocycles. The smallest absolute Gasteiger partial charge is 0.413 e. The summed E-state index contributed by atoms with van der Waals surface area (Å²) in [6.45, 7) is 7.06. The first-order chi connectivity index (χ1) is 27.1. The normalized spacial score (nSPS) is 19.7. The molecule has 1 amide bonds. The summed E-state index contributed by atoms with van der Waals surface area (Å²) in [5, 5.41) is 0. The van der Waals surface area contributed by atoms with E-state index in [0.29, 0.717) is 6.61 Å². The van der Waals surface area contributed by atoms with Crippen LogP contribution in [-0.4, -0.2) is 42.9 Å². The number of carbonyl (C=O) groups is 2. The van der Waals surface area contributed by atoms with Crippen LogP contribution in [0.2, 0.25) is 0 Å². The van der Waals surface area contributed by atoms with E-state index in [9.17, 15) is 9.59 Å². The van der Waals surface area contributed by atoms with E-state index in [1.807, 2.05) is 11.0 Å². The van der Waals surface area contributed by atoms with Crippen LogP contribution in [-0.2, 0) is 19.0 Å². The van der Waals surface area contributed by atoms with Crippen molar-refractivity contribution >= 4 is 12.1 Å². The number of carbonyl (C=O) groups excluding carboxylic acids is 2. The van der Waals surface area contributed by atoms with Gasteiger partial charge in [0.15, 0.2) is 6.23 Å². The zero-order valence-corrected chi connectivity index (χ0v) is 37.0. The zero-order chi connectivity index (χ0) is 39.6. The molecule has 0 aromatic carbocycles. The van der Waals surface area contributed by atoms with Crippen LogP contribution in [0.1, 0.15) is 252 Å². The fourth-order valence-electron chi connectivity index (χ4n) is 9.05. The summed E-state index contributed by atoms with van der Waals surface area (Å²) in [7, 11) is 1.41. The fraction of sp³-hybridized carbons (Fsp3) is 0.918. The molecule has 2 rings (SSSR count). The van der Waals surface area contributed by atoms with Crippen molar-refractivity contribution in [2.45, 2.75) is 264 Å². The molecular weight excluding hydrogens is 683 g/mol. The molecule has 0 bridgehead atoms. The van der Waals surface area contributed by atoms with Gasteiger partial charge < -0.3 is 14.2 Å². The molecule has 2 aliphatic rings. The van der Waals surface area contributed by atoms with Gasteiger partial charge in [0.2, 0.25) is 5.76 Å². The first-order valence-corrected chi connectivity index (χ1v) is 24.5. The largest absolute Gasteiger partial charge is 0.463 e. The molecular formula is C49H91NO5. The van der Waals surface area contributed by atoms with Crippen molar-refractivity contribution < 1.29 is 23.8 Å². The highest BCUT2D eigenvalue weighted by Gasteiger charge is 2.46. The topological polar surface area (TPSA) is 65.1 Å². The highest BCUT2D eigenvalue weighted by molar-refractivity contribution is 5.86. The summed E-state index contributed by atoms with van der Waals surface area (Å²) in [6.07, 6.45) is 49.0. The Kier molecular flexibility index (Phi) is 30.9. The molecule has 0 radical (unpaired) electrons. The van der Waals surface area contributed by atoms with Crippen LogP contribution in [0.3, 0.4) is 0 Å². The van der Waals surface area contributed by atoms with Gasteiger partial charge in [0, 0.05) is 5.92 Å². The lowest BCUT2D eigenvalue weighted by atomic mass is 9.80. The number of hydrogen-bond acceptors (Lipinski definition) is 5. The van der Waals surface area contributed by atoms with Crippen molar-refractivity contribution in [2.24, 2.45) is 11.8 Å². The van der Waals surface area contributed by atoms with E-state index in [1.54, 1.807) is 0 Å². The zero-order valence-electron chi connectivity index (χ0n) is 37.0. The van der Waals surface area contributed by atoms with Gasteiger partial charge in [-0.15, -0.1) is 0 Å². The number of hydrogen-bond donors (Lipinski definition) is 0. The SMILES string of the molecule is CCCCCCCCCCCCCCCCCCCCCCCC[C@H]1[C@H](CCCCCCCCCCCCC)C=C(C(=O)OC)O[C@@H]1N1C(=O)OC[C@H]1CC. The molecule has 0 saturated carbocycles. The lowest BCUT2D eigenvalue weighted by Gasteiger charge is -2.42. The van der Waals surface area contributed by atoms with Gasteiger partial charge in [-0.3, -0.25) is 4.90 Å². The summed E-state index contributed by atoms with van der Waals surface area (Å²) in [5.41, 5.74) is 0. The summed E-state index contributed by atoms with van der Waals surface area (Å²) in [5.74, 6) is 0.159. The average molecular weight is 774 g/mol. The van der Waals surface area contributed by atoms with Crippen molar-refractivity contribution in [1.29, 1.82) is 0 Å². The monoisotopic (exact) mass is 774 g/mol. The molecule has 6 heteroatoms. The standard InChI is InChI=1S/C49H91NO5/c1-5-8-10-12-14-16-18-19-20-21-22-23-24-25-26-27-28-30-32-34-36-38-40-45-43(39-37-35-33-31-29-17-15-13-11-9-6-2)41-46(48(51)53-4)55-47(45)50-44(7-3)42-54-49(50)52/h41,43-45,47H,5-40,42H2,1-4H3/t43-,44-,45+,47+/m1/s1. The van der Waals surface area contributed by atoms with Crippen molar-refractivity contribution in [2.75, 3.05) is 13.7 Å². The van der Waals surface area contributed by atoms with Gasteiger partial charge >= 0.3 is 12.1 Å². The van der Waals surface area contributed by atoms with Gasteiger partial charge in [0.05, 0.1) is 13.2 Å². The lowest BCUT2D eigenvalue weighted by molar-refractivity contribution is -0.148. The van der Waals surface area contributed by atoms with E-state index in [1.165, 1.54) is 206 Å². The van der Waals surface area contributed by atoms with E-state index in [-0.39, 0.29) is 29.7 Å². The predicted molar refractivity (Wildman–Crippen MR) is 232 cm³/mol. The van der Waals surface area contributed by atoms with Crippen molar-refractivity contribution in [3.8, 4) is 0 Å². The maximum absolute atomic E-state index is 13.1. The molecule has 6 nitrogen and oxygen atoms in total. The quantitative estimate of drug-likeness (QED) is 0.0462. The highest BCUT2D eigenvalue weighted by Crippen LogP contribution is 2.40. The number of esters is 1. The molecule has 4 atom stereocenters. The minimum absolute atomic E-state index is 0.0239. The second-order valence-electron chi connectivity index (χ2n) is 17.4. The Labute approximate surface area is 341 Å². The van der Waals surface area contributed by atoms with Gasteiger partial charge in [-0.05, 0) is 31.3 Å². The molecule has 1 saturated heterocycles. The molecule has 0 unspecified atom stereocenters. The third-order valence-electron chi connectivity index (χ3n) is 12.7. The summed E-state index contributed by atoms with van der Waals surface area (Å²) >= 11 is 0. The number of cyclic esters (lactones) is 1. The number of amides is 1. The Bertz CT molecular complexity index is 952. The van der Waals surface area contributed by atoms with Crippen molar-refractivity contribution in [1.82, 2.24) is 4.90 Å². The molecule has 0 spiro atoms. The maximum atomic E-state index is 13.1. The number of unbranched alkanes of at least 4 members (excludes halogenated alkanes) is 31. The van der Waals surface area contributed by atoms with Gasteiger partial charge in [-0.2, -0.15) is 0 Å². The summed E-state index contributed by atoms with van der Waals surface area (Å²) in [6, 6.07) is -0.0239. The molecule has 322 valence electrons.